The molecule has 3 nitrogen and oxygen atoms in total. The van der Waals surface area contributed by atoms with Gasteiger partial charge in [0.15, 0.2) is 5.17 Å². The third-order valence-corrected chi connectivity index (χ3v) is 5.19. The van der Waals surface area contributed by atoms with Gasteiger partial charge in [-0.15, -0.1) is 0 Å². The minimum Gasteiger partial charge on any atom is -0.359 e. The maximum atomic E-state index is 4.72. The molecule has 1 aromatic heterocycles. The van der Waals surface area contributed by atoms with Crippen LogP contribution in [0.4, 0.5) is 0 Å². The van der Waals surface area contributed by atoms with Crippen molar-refractivity contribution >= 4 is 16.9 Å². The molecule has 0 saturated heterocycles. The van der Waals surface area contributed by atoms with Crippen molar-refractivity contribution < 1.29 is 0 Å². The first-order valence-corrected chi connectivity index (χ1v) is 7.66. The zero-order valence-corrected chi connectivity index (χ0v) is 11.4. The lowest BCUT2D eigenvalue weighted by Gasteiger charge is -2.31. The van der Waals surface area contributed by atoms with E-state index in [1.54, 1.807) is 0 Å². The summed E-state index contributed by atoms with van der Waals surface area (Å²) in [5, 5.41) is 4.49. The van der Waals surface area contributed by atoms with Crippen molar-refractivity contribution in [3.63, 3.8) is 0 Å². The number of thioether (sulfide) groups is 1. The Morgan fingerprint density at radius 1 is 1.28 bits per heavy atom. The van der Waals surface area contributed by atoms with Crippen LogP contribution in [0.1, 0.15) is 31.4 Å². The number of pyridine rings is 1. The Bertz CT molecular complexity index is 424. The van der Waals surface area contributed by atoms with Crippen molar-refractivity contribution in [1.82, 2.24) is 10.3 Å². The van der Waals surface area contributed by atoms with E-state index in [1.807, 2.05) is 36.2 Å². The molecule has 3 rings (SSSR count). The molecule has 1 aliphatic carbocycles. The lowest BCUT2D eigenvalue weighted by molar-refractivity contribution is 0.358. The van der Waals surface area contributed by atoms with Gasteiger partial charge in [0.1, 0.15) is 0 Å². The van der Waals surface area contributed by atoms with E-state index in [0.29, 0.717) is 5.41 Å². The quantitative estimate of drug-likeness (QED) is 0.889. The standard InChI is InChI=1S/C14H19N3S/c1-4-8-15-12(5-1)9-16-13-17-10-14(11-18-13)6-2-3-7-14/h1,4-5,8H,2-3,6-7,9-11H2,(H,16,17). The molecule has 1 spiro atoms. The molecule has 18 heavy (non-hydrogen) atoms. The van der Waals surface area contributed by atoms with E-state index < -0.39 is 0 Å². The average Bonchev–Trinajstić information content (AvgIpc) is 2.88. The maximum absolute atomic E-state index is 4.72. The molecule has 0 amide bonds. The zero-order valence-electron chi connectivity index (χ0n) is 10.6. The molecule has 2 heterocycles. The van der Waals surface area contributed by atoms with Gasteiger partial charge in [0.2, 0.25) is 0 Å². The predicted molar refractivity (Wildman–Crippen MR) is 76.7 cm³/mol. The molecule has 0 radical (unpaired) electrons. The van der Waals surface area contributed by atoms with Crippen LogP contribution in [0.3, 0.4) is 0 Å². The Kier molecular flexibility index (Phi) is 3.55. The van der Waals surface area contributed by atoms with Crippen molar-refractivity contribution in [2.45, 2.75) is 32.2 Å². The molecule has 4 heteroatoms. The number of aromatic nitrogens is 1. The highest BCUT2D eigenvalue weighted by molar-refractivity contribution is 8.13. The van der Waals surface area contributed by atoms with Gasteiger partial charge in [0.25, 0.3) is 0 Å². The Hall–Kier alpha value is -1.03. The van der Waals surface area contributed by atoms with Crippen molar-refractivity contribution in [3.05, 3.63) is 30.1 Å². The number of aliphatic imine (C=N–C) groups is 1. The SMILES string of the molecule is c1ccc(CNC2=NCC3(CCCC3)CS2)nc1. The Balaban J connectivity index is 1.54. The fraction of sp³-hybridized carbons (Fsp3) is 0.571. The van der Waals surface area contributed by atoms with E-state index in [2.05, 4.69) is 10.3 Å². The Morgan fingerprint density at radius 2 is 2.17 bits per heavy atom. The van der Waals surface area contributed by atoms with Crippen LogP contribution in [0.15, 0.2) is 29.4 Å². The second-order valence-electron chi connectivity index (χ2n) is 5.29. The Morgan fingerprint density at radius 3 is 2.83 bits per heavy atom. The summed E-state index contributed by atoms with van der Waals surface area (Å²) in [6.45, 7) is 1.80. The minimum absolute atomic E-state index is 0.529. The molecule has 1 fully saturated rings. The fourth-order valence-corrected chi connectivity index (χ4v) is 3.91. The van der Waals surface area contributed by atoms with E-state index in [0.717, 1.165) is 24.0 Å². The third-order valence-electron chi connectivity index (χ3n) is 3.88. The highest BCUT2D eigenvalue weighted by Crippen LogP contribution is 2.43. The van der Waals surface area contributed by atoms with E-state index in [1.165, 1.54) is 31.4 Å². The maximum Gasteiger partial charge on any atom is 0.156 e. The predicted octanol–water partition coefficient (Wildman–Crippen LogP) is 2.83. The van der Waals surface area contributed by atoms with Crippen LogP contribution in [0.25, 0.3) is 0 Å². The van der Waals surface area contributed by atoms with Crippen LogP contribution in [0.2, 0.25) is 0 Å². The van der Waals surface area contributed by atoms with Gasteiger partial charge in [-0.3, -0.25) is 9.98 Å². The van der Waals surface area contributed by atoms with Gasteiger partial charge in [-0.25, -0.2) is 0 Å². The molecule has 0 unspecified atom stereocenters. The van der Waals surface area contributed by atoms with Gasteiger partial charge in [0, 0.05) is 18.5 Å². The van der Waals surface area contributed by atoms with Crippen LogP contribution in [0.5, 0.6) is 0 Å². The highest BCUT2D eigenvalue weighted by atomic mass is 32.2. The van der Waals surface area contributed by atoms with Crippen molar-refractivity contribution in [3.8, 4) is 0 Å². The summed E-state index contributed by atoms with van der Waals surface area (Å²) < 4.78 is 0. The molecule has 1 N–H and O–H groups in total. The molecule has 0 atom stereocenters. The number of hydrogen-bond donors (Lipinski definition) is 1. The van der Waals surface area contributed by atoms with Crippen LogP contribution in [0, 0.1) is 5.41 Å². The van der Waals surface area contributed by atoms with Gasteiger partial charge in [0.05, 0.1) is 12.2 Å². The molecule has 96 valence electrons. The van der Waals surface area contributed by atoms with E-state index in [4.69, 9.17) is 4.99 Å². The lowest BCUT2D eigenvalue weighted by Crippen LogP contribution is -2.33. The zero-order chi connectivity index (χ0) is 12.3. The van der Waals surface area contributed by atoms with Crippen molar-refractivity contribution in [2.24, 2.45) is 10.4 Å². The first-order valence-electron chi connectivity index (χ1n) is 6.67. The molecule has 1 saturated carbocycles. The molecular formula is C14H19N3S. The van der Waals surface area contributed by atoms with Crippen LogP contribution in [-0.2, 0) is 6.54 Å². The molecule has 0 aromatic carbocycles. The second-order valence-corrected chi connectivity index (χ2v) is 6.26. The third kappa shape index (κ3) is 2.69. The van der Waals surface area contributed by atoms with Gasteiger partial charge >= 0.3 is 0 Å². The van der Waals surface area contributed by atoms with Crippen molar-refractivity contribution in [2.75, 3.05) is 12.3 Å². The molecular weight excluding hydrogens is 242 g/mol. The Labute approximate surface area is 112 Å². The summed E-state index contributed by atoms with van der Waals surface area (Å²) in [5.41, 5.74) is 1.60. The first-order chi connectivity index (χ1) is 8.86. The number of rotatable bonds is 2. The summed E-state index contributed by atoms with van der Waals surface area (Å²) in [6.07, 6.45) is 7.37. The van der Waals surface area contributed by atoms with Crippen molar-refractivity contribution in [1.29, 1.82) is 0 Å². The normalized spacial score (nSPS) is 21.9. The number of nitrogens with one attached hydrogen (secondary N) is 1. The topological polar surface area (TPSA) is 37.3 Å². The van der Waals surface area contributed by atoms with Gasteiger partial charge < -0.3 is 5.32 Å². The van der Waals surface area contributed by atoms with Crippen LogP contribution >= 0.6 is 11.8 Å². The van der Waals surface area contributed by atoms with Gasteiger partial charge in [-0.05, 0) is 30.4 Å². The highest BCUT2D eigenvalue weighted by Gasteiger charge is 2.36. The summed E-state index contributed by atoms with van der Waals surface area (Å²) in [4.78, 5) is 9.03. The summed E-state index contributed by atoms with van der Waals surface area (Å²) >= 11 is 1.89. The van der Waals surface area contributed by atoms with E-state index in [-0.39, 0.29) is 0 Å². The lowest BCUT2D eigenvalue weighted by atomic mass is 9.89. The summed E-state index contributed by atoms with van der Waals surface area (Å²) in [6, 6.07) is 6.01. The summed E-state index contributed by atoms with van der Waals surface area (Å²) in [5.74, 6) is 1.24. The van der Waals surface area contributed by atoms with Crippen LogP contribution in [-0.4, -0.2) is 22.4 Å². The summed E-state index contributed by atoms with van der Waals surface area (Å²) in [7, 11) is 0. The smallest absolute Gasteiger partial charge is 0.156 e. The number of nitrogens with zero attached hydrogens (tertiary/aromatic N) is 2. The molecule has 1 aromatic rings. The molecule has 0 bridgehead atoms. The fourth-order valence-electron chi connectivity index (χ4n) is 2.76. The van der Waals surface area contributed by atoms with Crippen LogP contribution < -0.4 is 5.32 Å². The number of amidine groups is 1. The monoisotopic (exact) mass is 261 g/mol. The van der Waals surface area contributed by atoms with Gasteiger partial charge in [-0.1, -0.05) is 30.7 Å². The first kappa shape index (κ1) is 12.0. The second kappa shape index (κ2) is 5.31. The van der Waals surface area contributed by atoms with Gasteiger partial charge in [-0.2, -0.15) is 0 Å². The van der Waals surface area contributed by atoms with E-state index >= 15 is 0 Å². The number of hydrogen-bond acceptors (Lipinski definition) is 4. The van der Waals surface area contributed by atoms with E-state index in [9.17, 15) is 0 Å². The average molecular weight is 261 g/mol. The minimum atomic E-state index is 0.529. The largest absolute Gasteiger partial charge is 0.359 e. The molecule has 1 aliphatic heterocycles. The molecule has 2 aliphatic rings.